The average molecular weight is 460 g/mol. The smallest absolute Gasteiger partial charge is 0.254 e. The minimum atomic E-state index is -0.195. The number of benzene rings is 1. The monoisotopic (exact) mass is 459 g/mol. The molecule has 1 aromatic rings. The number of aryl methyl sites for hydroxylation is 1. The number of hydrogen-bond donors (Lipinski definition) is 1. The molecule has 1 heterocycles. The van der Waals surface area contributed by atoms with Gasteiger partial charge in [-0.3, -0.25) is 14.4 Å². The van der Waals surface area contributed by atoms with E-state index in [0.717, 1.165) is 29.0 Å². The Hall–Kier alpha value is -2.02. The van der Waals surface area contributed by atoms with E-state index in [1.54, 1.807) is 16.7 Å². The van der Waals surface area contributed by atoms with E-state index in [0.29, 0.717) is 25.1 Å². The van der Waals surface area contributed by atoms with E-state index in [4.69, 9.17) is 0 Å². The first-order valence-electron chi connectivity index (χ1n) is 12.0. The van der Waals surface area contributed by atoms with Crippen LogP contribution in [0.4, 0.5) is 5.69 Å². The van der Waals surface area contributed by atoms with Gasteiger partial charge in [0.25, 0.3) is 5.91 Å². The summed E-state index contributed by atoms with van der Waals surface area (Å²) in [6.45, 7) is 10.7. The van der Waals surface area contributed by atoms with E-state index in [1.165, 1.54) is 19.3 Å². The van der Waals surface area contributed by atoms with Crippen LogP contribution in [0.1, 0.15) is 82.1 Å². The molecule has 1 unspecified atom stereocenters. The van der Waals surface area contributed by atoms with Gasteiger partial charge in [-0.05, 0) is 58.2 Å². The Morgan fingerprint density at radius 1 is 1.22 bits per heavy atom. The lowest BCUT2D eigenvalue weighted by molar-refractivity contribution is -0.121. The first-order chi connectivity index (χ1) is 15.2. The molecular formula is C25H37N3O3S. The third kappa shape index (κ3) is 5.30. The first kappa shape index (κ1) is 24.6. The Labute approximate surface area is 196 Å². The minimum absolute atomic E-state index is 0.0171. The first-order valence-corrected chi connectivity index (χ1v) is 12.8. The van der Waals surface area contributed by atoms with Crippen molar-refractivity contribution in [3.8, 4) is 0 Å². The molecule has 1 saturated carbocycles. The van der Waals surface area contributed by atoms with Gasteiger partial charge in [-0.25, -0.2) is 0 Å². The van der Waals surface area contributed by atoms with Crippen molar-refractivity contribution < 1.29 is 14.4 Å². The average Bonchev–Trinajstić information content (AvgIpc) is 2.76. The zero-order valence-electron chi connectivity index (χ0n) is 20.1. The summed E-state index contributed by atoms with van der Waals surface area (Å²) in [4.78, 5) is 43.2. The summed E-state index contributed by atoms with van der Waals surface area (Å²) in [6, 6.07) is 4.36. The van der Waals surface area contributed by atoms with Crippen LogP contribution in [0, 0.1) is 6.92 Å². The molecule has 7 heteroatoms. The molecule has 32 heavy (non-hydrogen) atoms. The van der Waals surface area contributed by atoms with Crippen LogP contribution in [-0.2, 0) is 9.59 Å². The number of carbonyl (C=O) groups is 3. The van der Waals surface area contributed by atoms with E-state index in [1.807, 2.05) is 32.9 Å². The molecule has 6 nitrogen and oxygen atoms in total. The Morgan fingerprint density at radius 2 is 1.91 bits per heavy atom. The van der Waals surface area contributed by atoms with Gasteiger partial charge in [0.05, 0.1) is 10.9 Å². The van der Waals surface area contributed by atoms with Gasteiger partial charge in [0.15, 0.2) is 0 Å². The van der Waals surface area contributed by atoms with Crippen molar-refractivity contribution in [1.82, 2.24) is 10.2 Å². The summed E-state index contributed by atoms with van der Waals surface area (Å²) in [6.07, 6.45) is 6.12. The van der Waals surface area contributed by atoms with Crippen molar-refractivity contribution in [2.24, 2.45) is 0 Å². The lowest BCUT2D eigenvalue weighted by Crippen LogP contribution is -2.46. The maximum absolute atomic E-state index is 13.7. The molecule has 3 amide bonds. The van der Waals surface area contributed by atoms with Crippen LogP contribution >= 0.6 is 11.8 Å². The molecule has 0 spiro atoms. The zero-order valence-corrected chi connectivity index (χ0v) is 20.9. The molecule has 0 radical (unpaired) electrons. The number of rotatable bonds is 7. The van der Waals surface area contributed by atoms with Gasteiger partial charge >= 0.3 is 0 Å². The zero-order chi connectivity index (χ0) is 23.4. The largest absolute Gasteiger partial charge is 0.354 e. The number of amides is 3. The molecule has 176 valence electrons. The van der Waals surface area contributed by atoms with Gasteiger partial charge in [0.1, 0.15) is 0 Å². The van der Waals surface area contributed by atoms with Gasteiger partial charge in [-0.1, -0.05) is 26.2 Å². The van der Waals surface area contributed by atoms with Crippen molar-refractivity contribution in [2.75, 3.05) is 18.0 Å². The quantitative estimate of drug-likeness (QED) is 0.650. The number of nitrogens with zero attached hydrogens (tertiary/aromatic N) is 2. The summed E-state index contributed by atoms with van der Waals surface area (Å²) in [5.41, 5.74) is 2.40. The highest BCUT2D eigenvalue weighted by Gasteiger charge is 2.34. The lowest BCUT2D eigenvalue weighted by Gasteiger charge is -2.38. The van der Waals surface area contributed by atoms with E-state index < -0.39 is 0 Å². The van der Waals surface area contributed by atoms with E-state index >= 15 is 0 Å². The number of anilines is 1. The number of nitrogens with one attached hydrogen (secondary N) is 1. The van der Waals surface area contributed by atoms with Crippen LogP contribution in [0.2, 0.25) is 0 Å². The summed E-state index contributed by atoms with van der Waals surface area (Å²) < 4.78 is 0. The van der Waals surface area contributed by atoms with Gasteiger partial charge in [-0.15, -0.1) is 11.8 Å². The second-order valence-electron chi connectivity index (χ2n) is 9.19. The van der Waals surface area contributed by atoms with Crippen LogP contribution in [0.15, 0.2) is 17.0 Å². The third-order valence-electron chi connectivity index (χ3n) is 6.48. The second kappa shape index (κ2) is 10.7. The Balaban J connectivity index is 1.92. The molecule has 1 aliphatic heterocycles. The predicted molar refractivity (Wildman–Crippen MR) is 130 cm³/mol. The molecule has 0 bridgehead atoms. The molecule has 2 aliphatic rings. The molecule has 3 rings (SSSR count). The highest BCUT2D eigenvalue weighted by molar-refractivity contribution is 8.01. The fourth-order valence-corrected chi connectivity index (χ4v) is 5.91. The van der Waals surface area contributed by atoms with Crippen molar-refractivity contribution in [1.29, 1.82) is 0 Å². The van der Waals surface area contributed by atoms with Crippen molar-refractivity contribution >= 4 is 35.2 Å². The minimum Gasteiger partial charge on any atom is -0.354 e. The molecule has 1 N–H and O–H groups in total. The Kier molecular flexibility index (Phi) is 8.26. The van der Waals surface area contributed by atoms with Gasteiger partial charge < -0.3 is 15.1 Å². The van der Waals surface area contributed by atoms with Gasteiger partial charge in [-0.2, -0.15) is 0 Å². The van der Waals surface area contributed by atoms with E-state index in [9.17, 15) is 14.4 Å². The molecule has 1 atom stereocenters. The summed E-state index contributed by atoms with van der Waals surface area (Å²) in [5.74, 6) is 0.0444. The lowest BCUT2D eigenvalue weighted by atomic mass is 9.92. The standard InChI is InChI=1S/C25H37N3O3S/c1-6-23(29)26-12-13-27-21-15-20(17(4)14-22(21)32-18(5)24(27)30)25(31)28(16(2)3)19-10-8-7-9-11-19/h14-16,18-19H,6-13H2,1-5H3,(H,26,29). The van der Waals surface area contributed by atoms with Crippen molar-refractivity contribution in [3.05, 3.63) is 23.3 Å². The maximum atomic E-state index is 13.7. The number of hydrogen-bond acceptors (Lipinski definition) is 4. The second-order valence-corrected chi connectivity index (χ2v) is 10.6. The molecular weight excluding hydrogens is 422 g/mol. The molecule has 0 aromatic heterocycles. The van der Waals surface area contributed by atoms with E-state index in [-0.39, 0.29) is 35.1 Å². The van der Waals surface area contributed by atoms with Gasteiger partial charge in [0, 0.05) is 42.1 Å². The summed E-state index contributed by atoms with van der Waals surface area (Å²) in [5, 5.41) is 2.66. The van der Waals surface area contributed by atoms with Crippen molar-refractivity contribution in [3.63, 3.8) is 0 Å². The van der Waals surface area contributed by atoms with Crippen LogP contribution in [0.25, 0.3) is 0 Å². The van der Waals surface area contributed by atoms with Crippen LogP contribution in [-0.4, -0.2) is 53.0 Å². The van der Waals surface area contributed by atoms with Crippen LogP contribution in [0.3, 0.4) is 0 Å². The Morgan fingerprint density at radius 3 is 2.53 bits per heavy atom. The normalized spacial score (nSPS) is 19.1. The van der Waals surface area contributed by atoms with Gasteiger partial charge in [0.2, 0.25) is 11.8 Å². The number of carbonyl (C=O) groups excluding carboxylic acids is 3. The van der Waals surface area contributed by atoms with Crippen molar-refractivity contribution in [2.45, 2.75) is 95.4 Å². The highest BCUT2D eigenvalue weighted by Crippen LogP contribution is 2.41. The molecule has 0 saturated heterocycles. The fraction of sp³-hybridized carbons (Fsp3) is 0.640. The Bertz CT molecular complexity index is 864. The molecule has 1 aromatic carbocycles. The summed E-state index contributed by atoms with van der Waals surface area (Å²) in [7, 11) is 0. The fourth-order valence-electron chi connectivity index (χ4n) is 4.77. The SMILES string of the molecule is CCC(=O)NCCN1C(=O)C(C)Sc2cc(C)c(C(=O)N(C(C)C)C3CCCCC3)cc21. The molecule has 1 fully saturated rings. The summed E-state index contributed by atoms with van der Waals surface area (Å²) >= 11 is 1.54. The molecule has 1 aliphatic carbocycles. The third-order valence-corrected chi connectivity index (χ3v) is 7.62. The topological polar surface area (TPSA) is 69.7 Å². The predicted octanol–water partition coefficient (Wildman–Crippen LogP) is 4.53. The van der Waals surface area contributed by atoms with Crippen LogP contribution in [0.5, 0.6) is 0 Å². The number of fused-ring (bicyclic) bond motifs is 1. The van der Waals surface area contributed by atoms with E-state index in [2.05, 4.69) is 24.1 Å². The number of thioether (sulfide) groups is 1. The maximum Gasteiger partial charge on any atom is 0.254 e. The van der Waals surface area contributed by atoms with Crippen LogP contribution < -0.4 is 10.2 Å². The highest BCUT2D eigenvalue weighted by atomic mass is 32.2.